The van der Waals surface area contributed by atoms with Gasteiger partial charge in [0.2, 0.25) is 5.91 Å². The first kappa shape index (κ1) is 24.2. The molecule has 3 atom stereocenters. The van der Waals surface area contributed by atoms with Crippen molar-refractivity contribution >= 4 is 52.1 Å². The minimum Gasteiger partial charge on any atom is -0.338 e. The summed E-state index contributed by atoms with van der Waals surface area (Å²) in [6.45, 7) is 4.14. The van der Waals surface area contributed by atoms with Crippen molar-refractivity contribution in [2.24, 2.45) is 5.92 Å². The first-order valence-corrected chi connectivity index (χ1v) is 12.1. The molecule has 7 heteroatoms. The summed E-state index contributed by atoms with van der Waals surface area (Å²) in [4.78, 5) is 17.5. The second kappa shape index (κ2) is 10.1. The topological polar surface area (TPSA) is 47.3 Å². The SMILES string of the molecule is C[C@@H]1[C@H](Cc2ccc(Cl)cc2)C(=O)N(c2ccc(C#N)c(Cl)c2)C(=S)N1[C@@H](C)c1ccccc1. The summed E-state index contributed by atoms with van der Waals surface area (Å²) in [7, 11) is 0. The number of benzene rings is 3. The Kier molecular flexibility index (Phi) is 7.23. The molecule has 1 aliphatic heterocycles. The molecule has 4 rings (SSSR count). The third-order valence-electron chi connectivity index (χ3n) is 6.37. The molecule has 0 radical (unpaired) electrons. The van der Waals surface area contributed by atoms with Gasteiger partial charge in [-0.2, -0.15) is 5.26 Å². The molecular formula is C27H23Cl2N3OS. The maximum atomic E-state index is 13.9. The summed E-state index contributed by atoms with van der Waals surface area (Å²) < 4.78 is 0. The number of rotatable bonds is 5. The van der Waals surface area contributed by atoms with E-state index in [-0.39, 0.29) is 28.9 Å². The van der Waals surface area contributed by atoms with Crippen LogP contribution in [-0.4, -0.2) is 22.0 Å². The smallest absolute Gasteiger partial charge is 0.238 e. The van der Waals surface area contributed by atoms with Crippen molar-refractivity contribution in [2.45, 2.75) is 32.4 Å². The second-order valence-electron chi connectivity index (χ2n) is 8.40. The molecule has 0 saturated carbocycles. The lowest BCUT2D eigenvalue weighted by Gasteiger charge is -2.48. The number of carbonyl (C=O) groups excluding carboxylic acids is 1. The number of halogens is 2. The standard InChI is InChI=1S/C27H23Cl2N3OS/c1-17(20-6-4-3-5-7-20)31-18(2)24(14-19-8-11-22(28)12-9-19)26(33)32(27(31)34)23-13-10-21(16-30)25(29)15-23/h3-13,15,17-18,24H,14H2,1-2H3/t17-,18+,24-/m0/s1. The molecule has 0 spiro atoms. The lowest BCUT2D eigenvalue weighted by atomic mass is 9.87. The van der Waals surface area contributed by atoms with Crippen LogP contribution in [0, 0.1) is 17.2 Å². The van der Waals surface area contributed by atoms with Gasteiger partial charge in [0.05, 0.1) is 28.2 Å². The zero-order chi connectivity index (χ0) is 24.4. The number of amides is 1. The highest BCUT2D eigenvalue weighted by atomic mass is 35.5. The summed E-state index contributed by atoms with van der Waals surface area (Å²) in [5, 5.41) is 10.6. The Balaban J connectivity index is 1.77. The molecule has 1 heterocycles. The second-order valence-corrected chi connectivity index (χ2v) is 9.61. The van der Waals surface area contributed by atoms with Crippen LogP contribution in [0.3, 0.4) is 0 Å². The molecular weight excluding hydrogens is 485 g/mol. The lowest BCUT2D eigenvalue weighted by molar-refractivity contribution is -0.124. The predicted octanol–water partition coefficient (Wildman–Crippen LogP) is 6.81. The third kappa shape index (κ3) is 4.67. The van der Waals surface area contributed by atoms with E-state index in [1.54, 1.807) is 23.1 Å². The Morgan fingerprint density at radius 1 is 1.06 bits per heavy atom. The quantitative estimate of drug-likeness (QED) is 0.356. The molecule has 1 fully saturated rings. The van der Waals surface area contributed by atoms with E-state index in [0.29, 0.717) is 27.8 Å². The fraction of sp³-hybridized carbons (Fsp3) is 0.222. The summed E-state index contributed by atoms with van der Waals surface area (Å²) in [5.41, 5.74) is 3.03. The summed E-state index contributed by atoms with van der Waals surface area (Å²) in [6.07, 6.45) is 0.540. The molecule has 0 bridgehead atoms. The van der Waals surface area contributed by atoms with E-state index in [4.69, 9.17) is 35.4 Å². The Bertz CT molecular complexity index is 1260. The normalized spacial score (nSPS) is 19.1. The first-order chi connectivity index (χ1) is 16.3. The molecule has 34 heavy (non-hydrogen) atoms. The van der Waals surface area contributed by atoms with Crippen molar-refractivity contribution in [3.8, 4) is 6.07 Å². The molecule has 0 unspecified atom stereocenters. The lowest BCUT2D eigenvalue weighted by Crippen LogP contribution is -2.62. The zero-order valence-corrected chi connectivity index (χ0v) is 21.1. The van der Waals surface area contributed by atoms with Crippen LogP contribution in [0.5, 0.6) is 0 Å². The average Bonchev–Trinajstić information content (AvgIpc) is 2.83. The number of thiocarbonyl (C=S) groups is 1. The van der Waals surface area contributed by atoms with Crippen molar-refractivity contribution in [3.63, 3.8) is 0 Å². The summed E-state index contributed by atoms with van der Waals surface area (Å²) in [5.74, 6) is -0.446. The highest BCUT2D eigenvalue weighted by Crippen LogP contribution is 2.37. The number of hydrogen-bond donors (Lipinski definition) is 0. The molecule has 0 aliphatic carbocycles. The van der Waals surface area contributed by atoms with E-state index < -0.39 is 0 Å². The molecule has 1 amide bonds. The predicted molar refractivity (Wildman–Crippen MR) is 141 cm³/mol. The van der Waals surface area contributed by atoms with Crippen molar-refractivity contribution < 1.29 is 4.79 Å². The van der Waals surface area contributed by atoms with Crippen LogP contribution in [0.2, 0.25) is 10.0 Å². The summed E-state index contributed by atoms with van der Waals surface area (Å²) in [6, 6.07) is 24.5. The molecule has 172 valence electrons. The van der Waals surface area contributed by atoms with Gasteiger partial charge in [0, 0.05) is 11.1 Å². The molecule has 1 aliphatic rings. The minimum atomic E-state index is -0.353. The largest absolute Gasteiger partial charge is 0.338 e. The number of nitrogens with zero attached hydrogens (tertiary/aromatic N) is 3. The van der Waals surface area contributed by atoms with Gasteiger partial charge in [-0.1, -0.05) is 65.7 Å². The van der Waals surface area contributed by atoms with E-state index in [1.165, 1.54) is 0 Å². The van der Waals surface area contributed by atoms with E-state index in [9.17, 15) is 10.1 Å². The molecule has 1 saturated heterocycles. The fourth-order valence-electron chi connectivity index (χ4n) is 4.46. The monoisotopic (exact) mass is 507 g/mol. The Morgan fingerprint density at radius 2 is 1.74 bits per heavy atom. The van der Waals surface area contributed by atoms with Crippen molar-refractivity contribution in [1.82, 2.24) is 4.90 Å². The van der Waals surface area contributed by atoms with E-state index in [0.717, 1.165) is 11.1 Å². The number of carbonyl (C=O) groups is 1. The number of nitriles is 1. The van der Waals surface area contributed by atoms with Crippen molar-refractivity contribution in [2.75, 3.05) is 4.90 Å². The molecule has 3 aromatic rings. The van der Waals surface area contributed by atoms with Crippen LogP contribution < -0.4 is 4.90 Å². The Morgan fingerprint density at radius 3 is 2.35 bits per heavy atom. The van der Waals surface area contributed by atoms with Gasteiger partial charge in [-0.25, -0.2) is 0 Å². The molecule has 3 aromatic carbocycles. The van der Waals surface area contributed by atoms with E-state index in [1.807, 2.05) is 49.4 Å². The van der Waals surface area contributed by atoms with Crippen LogP contribution >= 0.6 is 35.4 Å². The van der Waals surface area contributed by atoms with Crippen LogP contribution in [0.4, 0.5) is 5.69 Å². The van der Waals surface area contributed by atoms with Gasteiger partial charge in [0.1, 0.15) is 6.07 Å². The van der Waals surface area contributed by atoms with Crippen molar-refractivity contribution in [1.29, 1.82) is 5.26 Å². The highest BCUT2D eigenvalue weighted by molar-refractivity contribution is 7.80. The molecule has 0 N–H and O–H groups in total. The van der Waals surface area contributed by atoms with Gasteiger partial charge in [-0.3, -0.25) is 9.69 Å². The van der Waals surface area contributed by atoms with Gasteiger partial charge in [0.25, 0.3) is 0 Å². The maximum Gasteiger partial charge on any atom is 0.238 e. The van der Waals surface area contributed by atoms with Crippen LogP contribution in [0.25, 0.3) is 0 Å². The van der Waals surface area contributed by atoms with Crippen LogP contribution in [0.15, 0.2) is 72.8 Å². The average molecular weight is 508 g/mol. The van der Waals surface area contributed by atoms with Gasteiger partial charge in [0.15, 0.2) is 5.11 Å². The molecule has 0 aromatic heterocycles. The summed E-state index contributed by atoms with van der Waals surface area (Å²) >= 11 is 18.3. The zero-order valence-electron chi connectivity index (χ0n) is 18.8. The van der Waals surface area contributed by atoms with Gasteiger partial charge in [-0.05, 0) is 73.9 Å². The Hall–Kier alpha value is -2.91. The van der Waals surface area contributed by atoms with Gasteiger partial charge < -0.3 is 4.90 Å². The van der Waals surface area contributed by atoms with E-state index in [2.05, 4.69) is 30.0 Å². The minimum absolute atomic E-state index is 0.0547. The molecule has 4 nitrogen and oxygen atoms in total. The first-order valence-electron chi connectivity index (χ1n) is 11.0. The number of anilines is 1. The Labute approximate surface area is 215 Å². The third-order valence-corrected chi connectivity index (χ3v) is 7.33. The van der Waals surface area contributed by atoms with Gasteiger partial charge >= 0.3 is 0 Å². The number of hydrogen-bond acceptors (Lipinski definition) is 3. The van der Waals surface area contributed by atoms with Crippen LogP contribution in [-0.2, 0) is 11.2 Å². The maximum absolute atomic E-state index is 13.9. The van der Waals surface area contributed by atoms with Gasteiger partial charge in [-0.15, -0.1) is 0 Å². The van der Waals surface area contributed by atoms with Crippen molar-refractivity contribution in [3.05, 3.63) is 99.5 Å². The highest BCUT2D eigenvalue weighted by Gasteiger charge is 2.44. The fourth-order valence-corrected chi connectivity index (χ4v) is 5.33. The van der Waals surface area contributed by atoms with E-state index >= 15 is 0 Å². The van der Waals surface area contributed by atoms with Crippen LogP contribution in [0.1, 0.15) is 36.6 Å².